The predicted octanol–water partition coefficient (Wildman–Crippen LogP) is 9.97. The van der Waals surface area contributed by atoms with E-state index in [0.29, 0.717) is 20.1 Å². The van der Waals surface area contributed by atoms with Gasteiger partial charge < -0.3 is 10.2 Å². The maximum absolute atomic E-state index is 9.62. The van der Waals surface area contributed by atoms with Crippen LogP contribution in [0.3, 0.4) is 0 Å². The summed E-state index contributed by atoms with van der Waals surface area (Å²) in [5.74, 6) is 0.551. The minimum Gasteiger partial charge on any atom is -0.508 e. The Hall–Kier alpha value is -2.36. The lowest BCUT2D eigenvalue weighted by atomic mass is 10.0. The summed E-state index contributed by atoms with van der Waals surface area (Å²) in [6, 6.07) is 18.3. The molecule has 34 heavy (non-hydrogen) atoms. The SMILES string of the molecule is Cc1cc(Cl)c(-c2cc(Cl)c(C)cc2Cl)cc1Cl.Cc1ccc(-c2ccc(C)c(O)c2)cc1O. The molecule has 4 aromatic carbocycles. The average molecular weight is 534 g/mol. The number of hydrogen-bond acceptors (Lipinski definition) is 2. The fraction of sp³-hybridized carbons (Fsp3) is 0.143. The van der Waals surface area contributed by atoms with Gasteiger partial charge in [0, 0.05) is 31.2 Å². The molecule has 0 fully saturated rings. The van der Waals surface area contributed by atoms with E-state index < -0.39 is 0 Å². The van der Waals surface area contributed by atoms with E-state index in [1.54, 1.807) is 12.1 Å². The van der Waals surface area contributed by atoms with Gasteiger partial charge in [0.25, 0.3) is 0 Å². The van der Waals surface area contributed by atoms with Crippen molar-refractivity contribution in [2.24, 2.45) is 0 Å². The van der Waals surface area contributed by atoms with Gasteiger partial charge >= 0.3 is 0 Å². The molecule has 0 unspecified atom stereocenters. The lowest BCUT2D eigenvalue weighted by Crippen LogP contribution is -1.86. The highest BCUT2D eigenvalue weighted by Gasteiger charge is 2.12. The first kappa shape index (κ1) is 26.2. The van der Waals surface area contributed by atoms with Gasteiger partial charge in [0.15, 0.2) is 0 Å². The van der Waals surface area contributed by atoms with Crippen molar-refractivity contribution in [1.82, 2.24) is 0 Å². The van der Waals surface area contributed by atoms with E-state index in [2.05, 4.69) is 0 Å². The molecule has 0 atom stereocenters. The third-order valence-electron chi connectivity index (χ3n) is 5.54. The number of aryl methyl sites for hydroxylation is 4. The molecule has 4 rings (SSSR count). The zero-order valence-corrected chi connectivity index (χ0v) is 22.2. The van der Waals surface area contributed by atoms with Gasteiger partial charge in [0.05, 0.1) is 0 Å². The second kappa shape index (κ2) is 10.9. The Morgan fingerprint density at radius 2 is 0.794 bits per heavy atom. The average Bonchev–Trinajstić information content (AvgIpc) is 2.78. The molecule has 0 aliphatic heterocycles. The number of phenolic OH excluding ortho intramolecular Hbond substituents is 2. The highest BCUT2D eigenvalue weighted by atomic mass is 35.5. The molecule has 0 bridgehead atoms. The molecule has 4 aromatic rings. The van der Waals surface area contributed by atoms with Crippen molar-refractivity contribution in [3.63, 3.8) is 0 Å². The number of halogens is 4. The van der Waals surface area contributed by atoms with Crippen LogP contribution in [0.2, 0.25) is 20.1 Å². The second-order valence-electron chi connectivity index (χ2n) is 8.17. The van der Waals surface area contributed by atoms with Crippen molar-refractivity contribution in [1.29, 1.82) is 0 Å². The topological polar surface area (TPSA) is 40.5 Å². The smallest absolute Gasteiger partial charge is 0.119 e. The molecule has 0 aliphatic carbocycles. The van der Waals surface area contributed by atoms with Crippen LogP contribution in [-0.4, -0.2) is 10.2 Å². The van der Waals surface area contributed by atoms with E-state index in [1.165, 1.54) is 0 Å². The van der Waals surface area contributed by atoms with E-state index in [0.717, 1.165) is 44.5 Å². The molecule has 176 valence electrons. The summed E-state index contributed by atoms with van der Waals surface area (Å²) in [7, 11) is 0. The van der Waals surface area contributed by atoms with Crippen molar-refractivity contribution in [2.75, 3.05) is 0 Å². The molecule has 0 aromatic heterocycles. The number of phenols is 2. The van der Waals surface area contributed by atoms with Crippen LogP contribution in [0.4, 0.5) is 0 Å². The fourth-order valence-electron chi connectivity index (χ4n) is 3.28. The van der Waals surface area contributed by atoms with Crippen LogP contribution in [0.1, 0.15) is 22.3 Å². The van der Waals surface area contributed by atoms with Crippen LogP contribution in [0.25, 0.3) is 22.3 Å². The van der Waals surface area contributed by atoms with Gasteiger partial charge in [-0.05, 0) is 97.5 Å². The number of hydrogen-bond donors (Lipinski definition) is 2. The van der Waals surface area contributed by atoms with Gasteiger partial charge in [-0.2, -0.15) is 0 Å². The van der Waals surface area contributed by atoms with Crippen molar-refractivity contribution in [2.45, 2.75) is 27.7 Å². The second-order valence-corrected chi connectivity index (χ2v) is 9.79. The number of aromatic hydroxyl groups is 2. The van der Waals surface area contributed by atoms with E-state index in [1.807, 2.05) is 76.2 Å². The van der Waals surface area contributed by atoms with Crippen molar-refractivity contribution in [3.8, 4) is 33.8 Å². The molecule has 0 radical (unpaired) electrons. The standard InChI is InChI=1S/C14H10Cl4.C14H14O2/c1-7-3-13(17)9(5-11(7)15)10-6-12(16)8(2)4-14(10)18;1-9-3-5-11(7-13(9)15)12-6-4-10(2)14(16)8-12/h3-6H,1-2H3;3-8,15-16H,1-2H3. The first-order valence-electron chi connectivity index (χ1n) is 10.5. The molecule has 0 saturated heterocycles. The Morgan fingerprint density at radius 3 is 1.12 bits per heavy atom. The van der Waals surface area contributed by atoms with Crippen LogP contribution in [0.5, 0.6) is 11.5 Å². The van der Waals surface area contributed by atoms with E-state index in [9.17, 15) is 10.2 Å². The highest BCUT2D eigenvalue weighted by molar-refractivity contribution is 6.39. The van der Waals surface area contributed by atoms with Crippen LogP contribution in [0.15, 0.2) is 60.7 Å². The van der Waals surface area contributed by atoms with Crippen LogP contribution >= 0.6 is 46.4 Å². The Balaban J connectivity index is 0.000000192. The Labute approximate surface area is 220 Å². The molecule has 0 saturated carbocycles. The van der Waals surface area contributed by atoms with E-state index in [-0.39, 0.29) is 11.5 Å². The summed E-state index contributed by atoms with van der Waals surface area (Å²) in [6.45, 7) is 7.51. The first-order valence-corrected chi connectivity index (χ1v) is 12.0. The molecule has 0 spiro atoms. The van der Waals surface area contributed by atoms with Crippen molar-refractivity contribution < 1.29 is 10.2 Å². The Morgan fingerprint density at radius 1 is 0.441 bits per heavy atom. The zero-order valence-electron chi connectivity index (χ0n) is 19.2. The summed E-state index contributed by atoms with van der Waals surface area (Å²) < 4.78 is 0. The maximum atomic E-state index is 9.62. The normalized spacial score (nSPS) is 10.6. The molecular formula is C28H24Cl4O2. The molecular weight excluding hydrogens is 510 g/mol. The molecule has 0 amide bonds. The third-order valence-corrected chi connectivity index (χ3v) is 6.98. The largest absolute Gasteiger partial charge is 0.508 e. The Kier molecular flexibility index (Phi) is 8.43. The van der Waals surface area contributed by atoms with Gasteiger partial charge in [-0.1, -0.05) is 70.7 Å². The molecule has 6 heteroatoms. The van der Waals surface area contributed by atoms with Crippen molar-refractivity contribution >= 4 is 46.4 Å². The highest BCUT2D eigenvalue weighted by Crippen LogP contribution is 2.38. The molecule has 2 N–H and O–H groups in total. The van der Waals surface area contributed by atoms with Gasteiger partial charge in [0.2, 0.25) is 0 Å². The van der Waals surface area contributed by atoms with Crippen LogP contribution in [0, 0.1) is 27.7 Å². The van der Waals surface area contributed by atoms with Crippen LogP contribution < -0.4 is 0 Å². The first-order chi connectivity index (χ1) is 16.0. The minimum atomic E-state index is 0.276. The monoisotopic (exact) mass is 532 g/mol. The van der Waals surface area contributed by atoms with Crippen LogP contribution in [-0.2, 0) is 0 Å². The van der Waals surface area contributed by atoms with E-state index in [4.69, 9.17) is 46.4 Å². The lowest BCUT2D eigenvalue weighted by molar-refractivity contribution is 0.470. The summed E-state index contributed by atoms with van der Waals surface area (Å²) in [5, 5.41) is 21.8. The predicted molar refractivity (Wildman–Crippen MR) is 146 cm³/mol. The minimum absolute atomic E-state index is 0.276. The summed E-state index contributed by atoms with van der Waals surface area (Å²) in [5.41, 5.74) is 6.94. The van der Waals surface area contributed by atoms with Gasteiger partial charge in [-0.25, -0.2) is 0 Å². The molecule has 0 aliphatic rings. The number of rotatable bonds is 2. The summed E-state index contributed by atoms with van der Waals surface area (Å²) in [6.07, 6.45) is 0. The molecule has 2 nitrogen and oxygen atoms in total. The van der Waals surface area contributed by atoms with Gasteiger partial charge in [0.1, 0.15) is 11.5 Å². The quantitative estimate of drug-likeness (QED) is 0.269. The lowest BCUT2D eigenvalue weighted by Gasteiger charge is -2.11. The zero-order chi connectivity index (χ0) is 25.2. The fourth-order valence-corrected chi connectivity index (χ4v) is 4.25. The third kappa shape index (κ3) is 6.00. The number of benzene rings is 4. The Bertz CT molecular complexity index is 1260. The van der Waals surface area contributed by atoms with Crippen molar-refractivity contribution in [3.05, 3.63) is 103 Å². The summed E-state index contributed by atoms with van der Waals surface area (Å²) in [4.78, 5) is 0. The molecule has 0 heterocycles. The van der Waals surface area contributed by atoms with E-state index >= 15 is 0 Å². The van der Waals surface area contributed by atoms with Gasteiger partial charge in [-0.3, -0.25) is 0 Å². The maximum Gasteiger partial charge on any atom is 0.119 e. The summed E-state index contributed by atoms with van der Waals surface area (Å²) >= 11 is 24.7. The van der Waals surface area contributed by atoms with Gasteiger partial charge in [-0.15, -0.1) is 0 Å².